The van der Waals surface area contributed by atoms with Gasteiger partial charge in [-0.3, -0.25) is 4.79 Å². The first kappa shape index (κ1) is 19.8. The molecule has 0 saturated heterocycles. The van der Waals surface area contributed by atoms with E-state index < -0.39 is 0 Å². The van der Waals surface area contributed by atoms with E-state index in [0.717, 1.165) is 35.5 Å². The zero-order valence-corrected chi connectivity index (χ0v) is 16.2. The molecule has 0 aliphatic carbocycles. The molecule has 0 fully saturated rings. The number of aryl methyl sites for hydroxylation is 1. The number of benzene rings is 2. The van der Waals surface area contributed by atoms with Crippen LogP contribution in [0.1, 0.15) is 55.1 Å². The maximum atomic E-state index is 12.5. The third kappa shape index (κ3) is 5.80. The molecule has 0 spiro atoms. The van der Waals surface area contributed by atoms with E-state index in [0.29, 0.717) is 18.8 Å². The van der Waals surface area contributed by atoms with Crippen LogP contribution >= 0.6 is 0 Å². The predicted molar refractivity (Wildman–Crippen MR) is 105 cm³/mol. The van der Waals surface area contributed by atoms with Crippen LogP contribution in [0.4, 0.5) is 0 Å². The van der Waals surface area contributed by atoms with Gasteiger partial charge in [0.2, 0.25) is 0 Å². The number of rotatable bonds is 9. The lowest BCUT2D eigenvalue weighted by atomic mass is 10.1. The van der Waals surface area contributed by atoms with Gasteiger partial charge in [-0.05, 0) is 63.1 Å². The minimum absolute atomic E-state index is 0.0641. The van der Waals surface area contributed by atoms with Gasteiger partial charge in [0.25, 0.3) is 5.91 Å². The zero-order chi connectivity index (χ0) is 18.9. The van der Waals surface area contributed by atoms with Crippen molar-refractivity contribution in [1.82, 2.24) is 5.32 Å². The van der Waals surface area contributed by atoms with E-state index in [1.54, 1.807) is 6.07 Å². The molecule has 1 N–H and O–H groups in total. The number of carbonyl (C=O) groups excluding carboxylic acids is 1. The summed E-state index contributed by atoms with van der Waals surface area (Å²) in [5.41, 5.74) is 2.63. The fourth-order valence-corrected chi connectivity index (χ4v) is 2.81. The molecule has 4 nitrogen and oxygen atoms in total. The van der Waals surface area contributed by atoms with E-state index in [-0.39, 0.29) is 11.9 Å². The lowest BCUT2D eigenvalue weighted by molar-refractivity contribution is 0.0938. The lowest BCUT2D eigenvalue weighted by Gasteiger charge is -2.15. The Kier molecular flexibility index (Phi) is 7.52. The number of hydrogen-bond acceptors (Lipinski definition) is 3. The van der Waals surface area contributed by atoms with Crippen LogP contribution in [0.5, 0.6) is 11.5 Å². The predicted octanol–water partition coefficient (Wildman–Crippen LogP) is 4.89. The molecular formula is C22H29NO3. The monoisotopic (exact) mass is 355 g/mol. The number of carbonyl (C=O) groups is 1. The Hall–Kier alpha value is -2.49. The highest BCUT2D eigenvalue weighted by Gasteiger charge is 2.13. The molecule has 1 unspecified atom stereocenters. The van der Waals surface area contributed by atoms with Crippen LogP contribution in [-0.2, 0) is 6.61 Å². The maximum Gasteiger partial charge on any atom is 0.251 e. The Bertz CT molecular complexity index is 727. The van der Waals surface area contributed by atoms with Crippen molar-refractivity contribution in [1.29, 1.82) is 0 Å². The minimum Gasteiger partial charge on any atom is -0.493 e. The number of ether oxygens (including phenoxy) is 2. The third-order valence-corrected chi connectivity index (χ3v) is 4.11. The summed E-state index contributed by atoms with van der Waals surface area (Å²) in [7, 11) is 0. The highest BCUT2D eigenvalue weighted by molar-refractivity contribution is 5.94. The molecule has 1 amide bonds. The van der Waals surface area contributed by atoms with E-state index in [9.17, 15) is 4.79 Å². The van der Waals surface area contributed by atoms with Crippen LogP contribution in [0.15, 0.2) is 42.5 Å². The van der Waals surface area contributed by atoms with Crippen molar-refractivity contribution in [3.63, 3.8) is 0 Å². The summed E-state index contributed by atoms with van der Waals surface area (Å²) < 4.78 is 11.6. The summed E-state index contributed by atoms with van der Waals surface area (Å²) in [5.74, 6) is 1.49. The Balaban J connectivity index is 2.15. The number of hydrogen-bond donors (Lipinski definition) is 1. The highest BCUT2D eigenvalue weighted by atomic mass is 16.5. The van der Waals surface area contributed by atoms with Crippen molar-refractivity contribution in [3.8, 4) is 11.5 Å². The van der Waals surface area contributed by atoms with Gasteiger partial charge < -0.3 is 14.8 Å². The van der Waals surface area contributed by atoms with Gasteiger partial charge >= 0.3 is 0 Å². The van der Waals surface area contributed by atoms with Crippen LogP contribution in [0.3, 0.4) is 0 Å². The molecule has 2 aromatic rings. The van der Waals surface area contributed by atoms with E-state index >= 15 is 0 Å². The molecule has 2 rings (SSSR count). The molecule has 2 aromatic carbocycles. The minimum atomic E-state index is -0.0641. The molecule has 0 radical (unpaired) electrons. The molecule has 1 atom stereocenters. The average Bonchev–Trinajstić information content (AvgIpc) is 2.61. The smallest absolute Gasteiger partial charge is 0.251 e. The zero-order valence-electron chi connectivity index (χ0n) is 16.2. The second-order valence-corrected chi connectivity index (χ2v) is 6.52. The fraction of sp³-hybridized carbons (Fsp3) is 0.409. The molecule has 26 heavy (non-hydrogen) atoms. The van der Waals surface area contributed by atoms with Crippen LogP contribution in [0, 0.1) is 6.92 Å². The standard InChI is InChI=1S/C22H29NO3/c1-5-8-17(4)23-22(24)18-11-12-21(25-6-2)19(14-18)15-26-20-10-7-9-16(3)13-20/h7,9-14,17H,5-6,8,15H2,1-4H3,(H,23,24). The van der Waals surface area contributed by atoms with Gasteiger partial charge in [-0.15, -0.1) is 0 Å². The van der Waals surface area contributed by atoms with Crippen molar-refractivity contribution in [3.05, 3.63) is 59.2 Å². The summed E-state index contributed by atoms with van der Waals surface area (Å²) in [6, 6.07) is 13.6. The third-order valence-electron chi connectivity index (χ3n) is 4.11. The van der Waals surface area contributed by atoms with Gasteiger partial charge in [-0.25, -0.2) is 0 Å². The molecule has 0 aliphatic heterocycles. The molecule has 0 heterocycles. The Morgan fingerprint density at radius 2 is 1.92 bits per heavy atom. The van der Waals surface area contributed by atoms with Gasteiger partial charge in [0.15, 0.2) is 0 Å². The average molecular weight is 355 g/mol. The molecule has 0 aromatic heterocycles. The normalized spacial score (nSPS) is 11.7. The quantitative estimate of drug-likeness (QED) is 0.696. The van der Waals surface area contributed by atoms with Gasteiger partial charge in [0.05, 0.1) is 6.61 Å². The van der Waals surface area contributed by atoms with Crippen LogP contribution in [0.25, 0.3) is 0 Å². The Morgan fingerprint density at radius 1 is 1.12 bits per heavy atom. The second-order valence-electron chi connectivity index (χ2n) is 6.52. The van der Waals surface area contributed by atoms with Crippen molar-refractivity contribution in [2.75, 3.05) is 6.61 Å². The van der Waals surface area contributed by atoms with Gasteiger partial charge in [-0.2, -0.15) is 0 Å². The largest absolute Gasteiger partial charge is 0.493 e. The summed E-state index contributed by atoms with van der Waals surface area (Å²) in [4.78, 5) is 12.5. The van der Waals surface area contributed by atoms with Crippen molar-refractivity contribution < 1.29 is 14.3 Å². The van der Waals surface area contributed by atoms with Gasteiger partial charge in [-0.1, -0.05) is 25.5 Å². The van der Waals surface area contributed by atoms with Crippen LogP contribution in [-0.4, -0.2) is 18.6 Å². The molecule has 0 aliphatic rings. The van der Waals surface area contributed by atoms with E-state index in [1.807, 2.05) is 57.2 Å². The maximum absolute atomic E-state index is 12.5. The molecule has 4 heteroatoms. The molecule has 140 valence electrons. The van der Waals surface area contributed by atoms with Crippen LogP contribution < -0.4 is 14.8 Å². The lowest BCUT2D eigenvalue weighted by Crippen LogP contribution is -2.32. The second kappa shape index (κ2) is 9.85. The van der Waals surface area contributed by atoms with E-state index in [2.05, 4.69) is 12.2 Å². The van der Waals surface area contributed by atoms with Crippen molar-refractivity contribution >= 4 is 5.91 Å². The summed E-state index contributed by atoms with van der Waals surface area (Å²) in [6.07, 6.45) is 2.01. The fourth-order valence-electron chi connectivity index (χ4n) is 2.81. The van der Waals surface area contributed by atoms with Crippen LogP contribution in [0.2, 0.25) is 0 Å². The summed E-state index contributed by atoms with van der Waals surface area (Å²) >= 11 is 0. The van der Waals surface area contributed by atoms with E-state index in [1.165, 1.54) is 0 Å². The SMILES string of the molecule is CCCC(C)NC(=O)c1ccc(OCC)c(COc2cccc(C)c2)c1. The number of nitrogens with one attached hydrogen (secondary N) is 1. The highest BCUT2D eigenvalue weighted by Crippen LogP contribution is 2.23. The first-order valence-electron chi connectivity index (χ1n) is 9.29. The number of amides is 1. The van der Waals surface area contributed by atoms with Gasteiger partial charge in [0.1, 0.15) is 18.1 Å². The molecular weight excluding hydrogens is 326 g/mol. The molecule has 0 saturated carbocycles. The first-order valence-corrected chi connectivity index (χ1v) is 9.29. The topological polar surface area (TPSA) is 47.6 Å². The van der Waals surface area contributed by atoms with Crippen molar-refractivity contribution in [2.45, 2.75) is 53.2 Å². The first-order chi connectivity index (χ1) is 12.5. The Morgan fingerprint density at radius 3 is 2.62 bits per heavy atom. The van der Waals surface area contributed by atoms with Gasteiger partial charge in [0, 0.05) is 17.2 Å². The summed E-state index contributed by atoms with van der Waals surface area (Å²) in [5, 5.41) is 3.04. The van der Waals surface area contributed by atoms with E-state index in [4.69, 9.17) is 9.47 Å². The van der Waals surface area contributed by atoms with Crippen molar-refractivity contribution in [2.24, 2.45) is 0 Å². The molecule has 0 bridgehead atoms. The summed E-state index contributed by atoms with van der Waals surface area (Å²) in [6.45, 7) is 9.03. The Labute approximate surface area is 156 Å².